The van der Waals surface area contributed by atoms with Crippen molar-refractivity contribution in [3.8, 4) is 0 Å². The minimum Gasteiger partial charge on any atom is -0.480 e. The van der Waals surface area contributed by atoms with Gasteiger partial charge in [-0.3, -0.25) is 19.3 Å². The smallest absolute Gasteiger partial charge is 0.325 e. The Labute approximate surface area is 110 Å². The molecule has 3 N–H and O–H groups in total. The average molecular weight is 269 g/mol. The molecule has 0 unspecified atom stereocenters. The molecule has 0 rings (SSSR count). The topological polar surface area (TPSA) is 148 Å². The minimum absolute atomic E-state index is 0.252. The van der Waals surface area contributed by atoms with Crippen LogP contribution >= 0.6 is 0 Å². The first-order chi connectivity index (χ1) is 10.6. The van der Waals surface area contributed by atoms with Gasteiger partial charge in [0.05, 0.1) is 33.0 Å². The molecule has 0 radical (unpaired) electrons. The largest absolute Gasteiger partial charge is 0.480 e. The fraction of sp³-hybridized carbons (Fsp3) is 0.625. The van der Waals surface area contributed by atoms with E-state index in [2.05, 4.69) is 5.29 Å². The first-order valence-electron chi connectivity index (χ1n) is 7.22. The molecule has 10 nitrogen and oxygen atoms in total. The van der Waals surface area contributed by atoms with E-state index in [1.165, 1.54) is 0 Å². The van der Waals surface area contributed by atoms with E-state index in [1.807, 2.05) is 0 Å². The molecule has 102 valence electrons. The molecule has 0 atom stereocenters. The summed E-state index contributed by atoms with van der Waals surface area (Å²) < 4.78 is 43.4. The summed E-state index contributed by atoms with van der Waals surface area (Å²) in [6.45, 7) is -12.8. The molecule has 0 aliphatic heterocycles. The Morgan fingerprint density at radius 1 is 0.944 bits per heavy atom. The Kier molecular flexibility index (Phi) is 3.52. The van der Waals surface area contributed by atoms with Crippen LogP contribution in [0, 0.1) is 4.91 Å². The summed E-state index contributed by atoms with van der Waals surface area (Å²) in [5.41, 5.74) is 0. The highest BCUT2D eigenvalue weighted by Crippen LogP contribution is 1.94. The van der Waals surface area contributed by atoms with E-state index in [-0.39, 0.29) is 9.91 Å². The Bertz CT molecular complexity index is 516. The van der Waals surface area contributed by atoms with Gasteiger partial charge in [-0.05, 0) is 0 Å². The van der Waals surface area contributed by atoms with Crippen molar-refractivity contribution in [3.05, 3.63) is 4.91 Å². The molecule has 0 aromatic heterocycles. The second kappa shape index (κ2) is 7.95. The van der Waals surface area contributed by atoms with Gasteiger partial charge in [-0.25, -0.2) is 5.01 Å². The van der Waals surface area contributed by atoms with Crippen LogP contribution in [0.25, 0.3) is 0 Å². The number of hydrogen-bond acceptors (Lipinski definition) is 6. The first-order valence-corrected chi connectivity index (χ1v) is 4.22. The van der Waals surface area contributed by atoms with Gasteiger partial charge < -0.3 is 15.3 Å². The van der Waals surface area contributed by atoms with Crippen LogP contribution in [-0.2, 0) is 14.4 Å². The SMILES string of the molecule is [2H]C([2H])(C(=O)O)N(CCN(C([2H])([2H])C(=O)O)C([2H])([2H])C(=O)O)N=O. The third-order valence-corrected chi connectivity index (χ3v) is 1.32. The van der Waals surface area contributed by atoms with Crippen molar-refractivity contribution in [2.75, 3.05) is 32.6 Å². The summed E-state index contributed by atoms with van der Waals surface area (Å²) in [5.74, 6) is -6.64. The summed E-state index contributed by atoms with van der Waals surface area (Å²) >= 11 is 0. The predicted molar refractivity (Wildman–Crippen MR) is 56.7 cm³/mol. The lowest BCUT2D eigenvalue weighted by atomic mass is 10.4. The highest BCUT2D eigenvalue weighted by Gasteiger charge is 2.16. The molecule has 0 aromatic carbocycles. The fourth-order valence-corrected chi connectivity index (χ4v) is 0.793. The maximum absolute atomic E-state index is 10.9. The molecule has 0 aliphatic carbocycles. The van der Waals surface area contributed by atoms with Crippen LogP contribution in [0.5, 0.6) is 0 Å². The van der Waals surface area contributed by atoms with Gasteiger partial charge in [-0.2, -0.15) is 0 Å². The molecule has 0 saturated carbocycles. The van der Waals surface area contributed by atoms with E-state index in [4.69, 9.17) is 23.5 Å². The summed E-state index contributed by atoms with van der Waals surface area (Å²) in [5, 5.41) is 28.0. The lowest BCUT2D eigenvalue weighted by Crippen LogP contribution is -2.40. The van der Waals surface area contributed by atoms with Gasteiger partial charge in [0.1, 0.15) is 6.50 Å². The molecule has 0 spiro atoms. The number of carboxylic acid groups (broad SMARTS) is 3. The fourth-order valence-electron chi connectivity index (χ4n) is 0.793. The molecule has 0 aromatic rings. The third kappa shape index (κ3) is 7.98. The van der Waals surface area contributed by atoms with E-state index < -0.39 is 50.5 Å². The van der Waals surface area contributed by atoms with E-state index in [1.54, 1.807) is 0 Å². The molecule has 0 saturated heterocycles. The van der Waals surface area contributed by atoms with Crippen molar-refractivity contribution in [1.29, 1.82) is 0 Å². The average Bonchev–Trinajstić information content (AvgIpc) is 2.41. The molecular weight excluding hydrogens is 250 g/mol. The molecule has 0 heterocycles. The van der Waals surface area contributed by atoms with Crippen molar-refractivity contribution in [2.45, 2.75) is 0 Å². The van der Waals surface area contributed by atoms with Crippen molar-refractivity contribution in [3.63, 3.8) is 0 Å². The van der Waals surface area contributed by atoms with Gasteiger partial charge in [0.2, 0.25) is 0 Å². The highest BCUT2D eigenvalue weighted by molar-refractivity contribution is 5.72. The number of aliphatic carboxylic acids is 3. The van der Waals surface area contributed by atoms with Crippen molar-refractivity contribution >= 4 is 17.9 Å². The van der Waals surface area contributed by atoms with Crippen LogP contribution < -0.4 is 0 Å². The van der Waals surface area contributed by atoms with Gasteiger partial charge in [0, 0.05) is 6.54 Å². The summed E-state index contributed by atoms with van der Waals surface area (Å²) in [7, 11) is 0. The van der Waals surface area contributed by atoms with Gasteiger partial charge in [-0.15, -0.1) is 4.91 Å². The van der Waals surface area contributed by atoms with Crippen LogP contribution in [0.1, 0.15) is 8.22 Å². The Morgan fingerprint density at radius 3 is 1.72 bits per heavy atom. The van der Waals surface area contributed by atoms with Crippen molar-refractivity contribution in [2.24, 2.45) is 5.29 Å². The lowest BCUT2D eigenvalue weighted by molar-refractivity contribution is -0.143. The van der Waals surface area contributed by atoms with Gasteiger partial charge in [0.25, 0.3) is 0 Å². The molecular formula is C8H13N3O7. The van der Waals surface area contributed by atoms with Crippen molar-refractivity contribution < 1.29 is 37.9 Å². The van der Waals surface area contributed by atoms with E-state index in [0.717, 1.165) is 0 Å². The molecule has 0 amide bonds. The van der Waals surface area contributed by atoms with E-state index in [0.29, 0.717) is 0 Å². The zero-order chi connectivity index (χ0) is 19.5. The van der Waals surface area contributed by atoms with Crippen LogP contribution in [0.4, 0.5) is 0 Å². The van der Waals surface area contributed by atoms with Crippen LogP contribution in [-0.4, -0.2) is 75.7 Å². The van der Waals surface area contributed by atoms with E-state index in [9.17, 15) is 19.3 Å². The molecule has 0 aliphatic rings. The van der Waals surface area contributed by atoms with Gasteiger partial charge >= 0.3 is 17.9 Å². The van der Waals surface area contributed by atoms with E-state index >= 15 is 0 Å². The van der Waals surface area contributed by atoms with Gasteiger partial charge in [0.15, 0.2) is 0 Å². The quantitative estimate of drug-likeness (QED) is 0.319. The number of nitrogens with zero attached hydrogens (tertiary/aromatic N) is 3. The number of carboxylic acids is 3. The Hall–Kier alpha value is -2.23. The Balaban J connectivity index is 5.67. The number of hydrogen-bond donors (Lipinski definition) is 3. The first kappa shape index (κ1) is 7.97. The Morgan fingerprint density at radius 2 is 1.39 bits per heavy atom. The van der Waals surface area contributed by atoms with Gasteiger partial charge in [-0.1, -0.05) is 0 Å². The molecule has 0 bridgehead atoms. The number of carbonyl (C=O) groups is 3. The maximum atomic E-state index is 10.9. The lowest BCUT2D eigenvalue weighted by Gasteiger charge is -2.20. The van der Waals surface area contributed by atoms with Crippen LogP contribution in [0.2, 0.25) is 0 Å². The molecule has 10 heteroatoms. The normalized spacial score (nSPS) is 17.4. The second-order valence-electron chi connectivity index (χ2n) is 2.61. The zero-order valence-corrected chi connectivity index (χ0v) is 8.73. The second-order valence-corrected chi connectivity index (χ2v) is 2.61. The zero-order valence-electron chi connectivity index (χ0n) is 14.7. The molecule has 0 fully saturated rings. The summed E-state index contributed by atoms with van der Waals surface area (Å²) in [6, 6.07) is 0. The number of nitroso groups, excluding NO2 is 1. The monoisotopic (exact) mass is 269 g/mol. The third-order valence-electron chi connectivity index (χ3n) is 1.32. The standard InChI is InChI=1S/C8H13N3O7/c12-6(13)3-10(4-7(14)15)1-2-11(9-18)5-8(16)17/h1-5H2,(H,12,13)(H,14,15)(H,16,17)/i3D2,4D2,5D2. The van der Waals surface area contributed by atoms with Crippen LogP contribution in [0.3, 0.4) is 0 Å². The highest BCUT2D eigenvalue weighted by atomic mass is 16.4. The number of rotatable bonds is 10. The maximum Gasteiger partial charge on any atom is 0.325 e. The molecule has 18 heavy (non-hydrogen) atoms. The minimum atomic E-state index is -3.56. The predicted octanol–water partition coefficient (Wildman–Crippen LogP) is -1.47. The summed E-state index contributed by atoms with van der Waals surface area (Å²) in [6.07, 6.45) is 0. The summed E-state index contributed by atoms with van der Waals surface area (Å²) in [4.78, 5) is 42.8. The van der Waals surface area contributed by atoms with Crippen LogP contribution in [0.15, 0.2) is 5.29 Å². The van der Waals surface area contributed by atoms with Crippen molar-refractivity contribution in [1.82, 2.24) is 9.91 Å².